The lowest BCUT2D eigenvalue weighted by Gasteiger charge is -2.46. The number of ketones is 1. The van der Waals surface area contributed by atoms with E-state index in [0.717, 1.165) is 11.1 Å². The highest BCUT2D eigenvalue weighted by Gasteiger charge is 2.34. The summed E-state index contributed by atoms with van der Waals surface area (Å²) in [6.07, 6.45) is 0. The Morgan fingerprint density at radius 3 is 1.57 bits per heavy atom. The van der Waals surface area contributed by atoms with Crippen LogP contribution in [0.25, 0.3) is 0 Å². The van der Waals surface area contributed by atoms with Crippen LogP contribution in [0.1, 0.15) is 15.9 Å². The normalized spacial score (nSPS) is 12.1. The summed E-state index contributed by atoms with van der Waals surface area (Å²) in [5.41, 5.74) is 2.76. The highest BCUT2D eigenvalue weighted by Crippen LogP contribution is 2.28. The Hall–Kier alpha value is -1.66. The van der Waals surface area contributed by atoms with Crippen LogP contribution in [0.3, 0.4) is 0 Å². The monoisotopic (exact) mass is 341 g/mol. The van der Waals surface area contributed by atoms with Crippen molar-refractivity contribution in [2.24, 2.45) is 0 Å². The molecule has 0 heterocycles. The first-order chi connectivity index (χ1) is 10.6. The molecule has 2 nitrogen and oxygen atoms in total. The Balaban J connectivity index is 2.34. The molecular weight excluding hydrogens is 314 g/mol. The van der Waals surface area contributed by atoms with Gasteiger partial charge in [0.15, 0.2) is 5.78 Å². The van der Waals surface area contributed by atoms with Gasteiger partial charge < -0.3 is 4.23 Å². The lowest BCUT2D eigenvalue weighted by atomic mass is 10.0. The summed E-state index contributed by atoms with van der Waals surface area (Å²) in [4.78, 5) is 12.5. The van der Waals surface area contributed by atoms with E-state index >= 15 is 0 Å². The maximum atomic E-state index is 12.5. The van der Waals surface area contributed by atoms with Gasteiger partial charge in [0.2, 0.25) is 0 Å². The Kier molecular flexibility index (Phi) is 4.96. The van der Waals surface area contributed by atoms with Gasteiger partial charge in [-0.2, -0.15) is 0 Å². The summed E-state index contributed by atoms with van der Waals surface area (Å²) >= 11 is 0. The molecule has 0 aliphatic carbocycles. The lowest BCUT2D eigenvalue weighted by molar-refractivity contribution is 0.103. The van der Waals surface area contributed by atoms with E-state index in [1.165, 1.54) is 5.69 Å². The number of anilines is 1. The second-order valence-electron chi connectivity index (χ2n) is 7.92. The first kappa shape index (κ1) is 17.7. The van der Waals surface area contributed by atoms with Crippen LogP contribution in [-0.2, 0) is 0 Å². The van der Waals surface area contributed by atoms with Gasteiger partial charge in [-0.3, -0.25) is 4.79 Å². The molecule has 0 saturated heterocycles. The van der Waals surface area contributed by atoms with Crippen molar-refractivity contribution in [1.29, 1.82) is 0 Å². The van der Waals surface area contributed by atoms with Crippen LogP contribution in [0.15, 0.2) is 54.6 Å². The van der Waals surface area contributed by atoms with Gasteiger partial charge in [0.25, 0.3) is 0 Å². The van der Waals surface area contributed by atoms with Gasteiger partial charge in [-0.25, -0.2) is 0 Å². The van der Waals surface area contributed by atoms with Gasteiger partial charge in [-0.15, -0.1) is 0 Å². The van der Waals surface area contributed by atoms with Crippen molar-refractivity contribution in [3.8, 4) is 0 Å². The third-order valence-corrected chi connectivity index (χ3v) is 11.0. The Morgan fingerprint density at radius 2 is 1.13 bits per heavy atom. The molecule has 0 saturated carbocycles. The van der Waals surface area contributed by atoms with Crippen LogP contribution in [0, 0.1) is 0 Å². The molecule has 0 unspecified atom stereocenters. The zero-order valence-corrected chi connectivity index (χ0v) is 17.1. The molecular formula is C19H27NOSi2. The van der Waals surface area contributed by atoms with Crippen molar-refractivity contribution < 1.29 is 4.79 Å². The molecule has 0 aromatic heterocycles. The van der Waals surface area contributed by atoms with Crippen molar-refractivity contribution in [3.05, 3.63) is 65.7 Å². The van der Waals surface area contributed by atoms with E-state index in [2.05, 4.69) is 55.6 Å². The molecule has 0 aliphatic heterocycles. The zero-order chi connectivity index (χ0) is 17.3. The smallest absolute Gasteiger partial charge is 0.193 e. The van der Waals surface area contributed by atoms with Gasteiger partial charge in [-0.05, 0) is 24.3 Å². The largest absolute Gasteiger partial charge is 0.425 e. The van der Waals surface area contributed by atoms with Gasteiger partial charge in [0.1, 0.15) is 16.5 Å². The van der Waals surface area contributed by atoms with E-state index in [9.17, 15) is 4.79 Å². The summed E-state index contributed by atoms with van der Waals surface area (Å²) in [5, 5.41) is 0. The average molecular weight is 342 g/mol. The number of benzene rings is 2. The molecule has 0 radical (unpaired) electrons. The van der Waals surface area contributed by atoms with Gasteiger partial charge in [0, 0.05) is 16.8 Å². The molecule has 23 heavy (non-hydrogen) atoms. The highest BCUT2D eigenvalue weighted by molar-refractivity contribution is 6.99. The van der Waals surface area contributed by atoms with E-state index in [4.69, 9.17) is 0 Å². The minimum Gasteiger partial charge on any atom is -0.425 e. The summed E-state index contributed by atoms with van der Waals surface area (Å²) in [7, 11) is -2.92. The SMILES string of the molecule is C[Si](C)(C)N(c1ccc(C(=O)c2ccccc2)cc1)[Si](C)(C)C. The van der Waals surface area contributed by atoms with Crippen LogP contribution in [0.4, 0.5) is 5.69 Å². The predicted molar refractivity (Wildman–Crippen MR) is 105 cm³/mol. The van der Waals surface area contributed by atoms with Gasteiger partial charge >= 0.3 is 0 Å². The minimum absolute atomic E-state index is 0.0877. The first-order valence-corrected chi connectivity index (χ1v) is 15.0. The topological polar surface area (TPSA) is 20.3 Å². The van der Waals surface area contributed by atoms with Gasteiger partial charge in [0.05, 0.1) is 0 Å². The van der Waals surface area contributed by atoms with Crippen molar-refractivity contribution in [1.82, 2.24) is 0 Å². The quantitative estimate of drug-likeness (QED) is 0.536. The fraction of sp³-hybridized carbons (Fsp3) is 0.316. The molecule has 0 spiro atoms. The number of hydrogen-bond acceptors (Lipinski definition) is 2. The fourth-order valence-corrected chi connectivity index (χ4v) is 13.2. The van der Waals surface area contributed by atoms with Crippen molar-refractivity contribution in [2.45, 2.75) is 39.3 Å². The Labute approximate surface area is 142 Å². The number of hydrogen-bond donors (Lipinski definition) is 0. The molecule has 2 aromatic carbocycles. The maximum absolute atomic E-state index is 12.5. The molecule has 4 heteroatoms. The van der Waals surface area contributed by atoms with Crippen LogP contribution < -0.4 is 4.23 Å². The van der Waals surface area contributed by atoms with E-state index in [1.807, 2.05) is 42.5 Å². The predicted octanol–water partition coefficient (Wildman–Crippen LogP) is 5.39. The van der Waals surface area contributed by atoms with Crippen molar-refractivity contribution in [3.63, 3.8) is 0 Å². The van der Waals surface area contributed by atoms with Crippen molar-refractivity contribution >= 4 is 27.9 Å². The fourth-order valence-electron chi connectivity index (χ4n) is 3.30. The molecule has 0 amide bonds. The van der Waals surface area contributed by atoms with E-state index in [1.54, 1.807) is 0 Å². The summed E-state index contributed by atoms with van der Waals surface area (Å²) in [5.74, 6) is 0.0877. The zero-order valence-electron chi connectivity index (χ0n) is 15.1. The lowest BCUT2D eigenvalue weighted by Crippen LogP contribution is -2.59. The Morgan fingerprint density at radius 1 is 0.696 bits per heavy atom. The summed E-state index contributed by atoms with van der Waals surface area (Å²) in [6.45, 7) is 14.3. The average Bonchev–Trinajstić information content (AvgIpc) is 2.45. The second-order valence-corrected chi connectivity index (χ2v) is 17.9. The van der Waals surface area contributed by atoms with Crippen molar-refractivity contribution in [2.75, 3.05) is 4.23 Å². The second kappa shape index (κ2) is 6.45. The third-order valence-electron chi connectivity index (χ3n) is 3.77. The summed E-state index contributed by atoms with van der Waals surface area (Å²) < 4.78 is 2.66. The van der Waals surface area contributed by atoms with E-state index in [0.29, 0.717) is 0 Å². The molecule has 122 valence electrons. The molecule has 0 bridgehead atoms. The minimum atomic E-state index is -1.46. The van der Waals surface area contributed by atoms with Crippen LogP contribution in [-0.4, -0.2) is 22.3 Å². The van der Waals surface area contributed by atoms with Crippen LogP contribution in [0.2, 0.25) is 39.3 Å². The molecule has 2 rings (SSSR count). The third kappa shape index (κ3) is 4.21. The number of carbonyl (C=O) groups excluding carboxylic acids is 1. The molecule has 0 N–H and O–H groups in total. The van der Waals surface area contributed by atoms with E-state index in [-0.39, 0.29) is 5.78 Å². The van der Waals surface area contributed by atoms with E-state index < -0.39 is 16.5 Å². The molecule has 0 fully saturated rings. The number of nitrogens with zero attached hydrogens (tertiary/aromatic N) is 1. The van der Waals surface area contributed by atoms with Gasteiger partial charge in [-0.1, -0.05) is 69.6 Å². The Bertz CT molecular complexity index is 653. The number of carbonyl (C=O) groups is 1. The maximum Gasteiger partial charge on any atom is 0.193 e. The molecule has 0 aliphatic rings. The van der Waals surface area contributed by atoms with Crippen LogP contribution >= 0.6 is 0 Å². The first-order valence-electron chi connectivity index (χ1n) is 8.11. The molecule has 2 aromatic rings. The highest BCUT2D eigenvalue weighted by atomic mass is 28.4. The summed E-state index contributed by atoms with van der Waals surface area (Å²) in [6, 6.07) is 17.6. The number of rotatable bonds is 5. The van der Waals surface area contributed by atoms with Crippen LogP contribution in [0.5, 0.6) is 0 Å². The standard InChI is InChI=1S/C19H27NOSi2/c1-22(2,3)20(23(4,5)6)18-14-12-17(13-15-18)19(21)16-10-8-7-9-11-16/h7-15H,1-6H3. The molecule has 0 atom stereocenters.